The number of nitrogens with zero attached hydrogens (tertiary/aromatic N) is 3. The predicted octanol–water partition coefficient (Wildman–Crippen LogP) is 1.36. The van der Waals surface area contributed by atoms with E-state index in [1.54, 1.807) is 0 Å². The summed E-state index contributed by atoms with van der Waals surface area (Å²) in [5, 5.41) is 3.94. The van der Waals surface area contributed by atoms with Crippen LogP contribution in [0.25, 0.3) is 0 Å². The van der Waals surface area contributed by atoms with Crippen molar-refractivity contribution in [3.63, 3.8) is 0 Å². The van der Waals surface area contributed by atoms with E-state index in [0.717, 1.165) is 31.5 Å². The smallest absolute Gasteiger partial charge is 0.226 e. The summed E-state index contributed by atoms with van der Waals surface area (Å²) in [6.07, 6.45) is 4.63. The molecule has 0 saturated carbocycles. The lowest BCUT2D eigenvalue weighted by Gasteiger charge is -2.43. The fourth-order valence-electron chi connectivity index (χ4n) is 3.25. The lowest BCUT2D eigenvalue weighted by Crippen LogP contribution is -2.57. The first-order chi connectivity index (χ1) is 11.3. The van der Waals surface area contributed by atoms with Gasteiger partial charge in [-0.15, -0.1) is 0 Å². The van der Waals surface area contributed by atoms with Crippen molar-refractivity contribution in [3.8, 4) is 0 Å². The highest BCUT2D eigenvalue weighted by atomic mass is 16.5. The van der Waals surface area contributed by atoms with Crippen LogP contribution in [0.3, 0.4) is 0 Å². The van der Waals surface area contributed by atoms with Crippen LogP contribution in [0, 0.1) is 0 Å². The van der Waals surface area contributed by atoms with Gasteiger partial charge in [0.05, 0.1) is 19.3 Å². The van der Waals surface area contributed by atoms with Crippen molar-refractivity contribution < 1.29 is 18.8 Å². The highest BCUT2D eigenvalue weighted by Crippen LogP contribution is 2.22. The Morgan fingerprint density at radius 1 is 1.35 bits per heavy atom. The van der Waals surface area contributed by atoms with Gasteiger partial charge in [-0.2, -0.15) is 4.98 Å². The topological polar surface area (TPSA) is 77.7 Å². The van der Waals surface area contributed by atoms with Gasteiger partial charge in [0.15, 0.2) is 5.82 Å². The second-order valence-electron chi connectivity index (χ2n) is 6.14. The number of carbonyl (C=O) groups excluding carboxylic acids is 1. The molecule has 7 nitrogen and oxygen atoms in total. The van der Waals surface area contributed by atoms with Crippen molar-refractivity contribution in [3.05, 3.63) is 11.7 Å². The Morgan fingerprint density at radius 3 is 3.13 bits per heavy atom. The van der Waals surface area contributed by atoms with Crippen LogP contribution in [0.15, 0.2) is 4.52 Å². The molecular weight excluding hydrogens is 298 g/mol. The van der Waals surface area contributed by atoms with E-state index in [-0.39, 0.29) is 18.1 Å². The normalized spacial score (nSPS) is 24.5. The van der Waals surface area contributed by atoms with Crippen LogP contribution >= 0.6 is 0 Å². The number of fused-ring (bicyclic) bond motifs is 1. The third-order valence-electron chi connectivity index (χ3n) is 4.42. The zero-order chi connectivity index (χ0) is 16.1. The van der Waals surface area contributed by atoms with Crippen molar-refractivity contribution in [1.29, 1.82) is 0 Å². The molecule has 0 aromatic carbocycles. The standard InChI is InChI=1S/C16H25N3O4/c1-2-4-14-17-15(23-18-14)5-3-6-16(20)19-8-10-22-13-11-21-9-7-12(13)19/h12-13H,2-11H2,1H3/t12-,13+/m0/s1. The minimum absolute atomic E-state index is 0.0361. The number of aromatic nitrogens is 2. The third kappa shape index (κ3) is 4.09. The van der Waals surface area contributed by atoms with Gasteiger partial charge in [0, 0.05) is 32.4 Å². The Labute approximate surface area is 136 Å². The van der Waals surface area contributed by atoms with Crippen LogP contribution in [0.4, 0.5) is 0 Å². The van der Waals surface area contributed by atoms with E-state index in [2.05, 4.69) is 17.1 Å². The number of amides is 1. The molecule has 1 aromatic rings. The van der Waals surface area contributed by atoms with E-state index < -0.39 is 0 Å². The van der Waals surface area contributed by atoms with E-state index in [0.29, 0.717) is 45.1 Å². The highest BCUT2D eigenvalue weighted by molar-refractivity contribution is 5.76. The molecule has 0 radical (unpaired) electrons. The summed E-state index contributed by atoms with van der Waals surface area (Å²) >= 11 is 0. The first-order valence-corrected chi connectivity index (χ1v) is 8.58. The van der Waals surface area contributed by atoms with Crippen molar-refractivity contribution in [1.82, 2.24) is 15.0 Å². The molecule has 2 saturated heterocycles. The van der Waals surface area contributed by atoms with Crippen LogP contribution in [-0.2, 0) is 27.1 Å². The second kappa shape index (κ2) is 7.88. The zero-order valence-corrected chi connectivity index (χ0v) is 13.7. The summed E-state index contributed by atoms with van der Waals surface area (Å²) in [7, 11) is 0. The molecule has 3 rings (SSSR count). The first-order valence-electron chi connectivity index (χ1n) is 8.58. The Morgan fingerprint density at radius 2 is 2.26 bits per heavy atom. The molecule has 0 unspecified atom stereocenters. The number of aryl methyl sites for hydroxylation is 2. The number of morpholine rings is 1. The van der Waals surface area contributed by atoms with Crippen molar-refractivity contribution in [2.45, 2.75) is 57.6 Å². The van der Waals surface area contributed by atoms with Crippen LogP contribution in [0.1, 0.15) is 44.3 Å². The molecule has 128 valence electrons. The first kappa shape index (κ1) is 16.4. The average molecular weight is 323 g/mol. The number of carbonyl (C=O) groups is 1. The van der Waals surface area contributed by atoms with E-state index in [1.807, 2.05) is 4.90 Å². The SMILES string of the molecule is CCCc1noc(CCCC(=O)N2CCO[C@@H]3COCC[C@@H]32)n1. The molecule has 3 heterocycles. The molecule has 2 aliphatic heterocycles. The summed E-state index contributed by atoms with van der Waals surface area (Å²) in [5.74, 6) is 1.58. The molecule has 23 heavy (non-hydrogen) atoms. The molecular formula is C16H25N3O4. The Bertz CT molecular complexity index is 517. The minimum atomic E-state index is 0.0361. The van der Waals surface area contributed by atoms with Crippen molar-refractivity contribution in [2.24, 2.45) is 0 Å². The summed E-state index contributed by atoms with van der Waals surface area (Å²) in [6, 6.07) is 0.171. The van der Waals surface area contributed by atoms with Crippen LogP contribution in [-0.4, -0.2) is 59.5 Å². The van der Waals surface area contributed by atoms with Gasteiger partial charge < -0.3 is 18.9 Å². The number of rotatable bonds is 6. The van der Waals surface area contributed by atoms with E-state index in [9.17, 15) is 4.79 Å². The molecule has 0 bridgehead atoms. The summed E-state index contributed by atoms with van der Waals surface area (Å²) in [4.78, 5) is 18.8. The zero-order valence-electron chi connectivity index (χ0n) is 13.7. The summed E-state index contributed by atoms with van der Waals surface area (Å²) in [6.45, 7) is 4.66. The van der Waals surface area contributed by atoms with E-state index in [4.69, 9.17) is 14.0 Å². The van der Waals surface area contributed by atoms with Crippen LogP contribution in [0.5, 0.6) is 0 Å². The Balaban J connectivity index is 1.46. The van der Waals surface area contributed by atoms with Gasteiger partial charge in [-0.05, 0) is 19.3 Å². The molecule has 0 aliphatic carbocycles. The quantitative estimate of drug-likeness (QED) is 0.786. The molecule has 0 N–H and O–H groups in total. The molecule has 1 amide bonds. The Kier molecular flexibility index (Phi) is 5.61. The Hall–Kier alpha value is -1.47. The fourth-order valence-corrected chi connectivity index (χ4v) is 3.25. The molecule has 1 aromatic heterocycles. The van der Waals surface area contributed by atoms with Gasteiger partial charge in [0.2, 0.25) is 11.8 Å². The second-order valence-corrected chi connectivity index (χ2v) is 6.14. The molecule has 2 atom stereocenters. The van der Waals surface area contributed by atoms with Crippen LogP contribution in [0.2, 0.25) is 0 Å². The summed E-state index contributed by atoms with van der Waals surface area (Å²) in [5.41, 5.74) is 0. The van der Waals surface area contributed by atoms with Gasteiger partial charge in [0.1, 0.15) is 6.10 Å². The maximum atomic E-state index is 12.5. The number of ether oxygens (including phenoxy) is 2. The fraction of sp³-hybridized carbons (Fsp3) is 0.812. The lowest BCUT2D eigenvalue weighted by atomic mass is 10.0. The van der Waals surface area contributed by atoms with Crippen LogP contribution < -0.4 is 0 Å². The monoisotopic (exact) mass is 323 g/mol. The van der Waals surface area contributed by atoms with Gasteiger partial charge >= 0.3 is 0 Å². The molecule has 2 aliphatic rings. The number of hydrogen-bond acceptors (Lipinski definition) is 6. The minimum Gasteiger partial charge on any atom is -0.379 e. The molecule has 0 spiro atoms. The van der Waals surface area contributed by atoms with Gasteiger partial charge in [-0.25, -0.2) is 0 Å². The van der Waals surface area contributed by atoms with Gasteiger partial charge in [-0.3, -0.25) is 4.79 Å². The number of hydrogen-bond donors (Lipinski definition) is 0. The maximum Gasteiger partial charge on any atom is 0.226 e. The lowest BCUT2D eigenvalue weighted by molar-refractivity contribution is -0.161. The van der Waals surface area contributed by atoms with Gasteiger partial charge in [0.25, 0.3) is 0 Å². The highest BCUT2D eigenvalue weighted by Gasteiger charge is 2.36. The molecule has 2 fully saturated rings. The summed E-state index contributed by atoms with van der Waals surface area (Å²) < 4.78 is 16.4. The van der Waals surface area contributed by atoms with Crippen molar-refractivity contribution >= 4 is 5.91 Å². The molecule has 7 heteroatoms. The van der Waals surface area contributed by atoms with Crippen molar-refractivity contribution in [2.75, 3.05) is 26.4 Å². The third-order valence-corrected chi connectivity index (χ3v) is 4.42. The van der Waals surface area contributed by atoms with E-state index >= 15 is 0 Å². The predicted molar refractivity (Wildman–Crippen MR) is 81.9 cm³/mol. The van der Waals surface area contributed by atoms with E-state index in [1.165, 1.54) is 0 Å². The largest absolute Gasteiger partial charge is 0.379 e. The van der Waals surface area contributed by atoms with Gasteiger partial charge in [-0.1, -0.05) is 12.1 Å². The maximum absolute atomic E-state index is 12.5. The average Bonchev–Trinajstić information content (AvgIpc) is 3.02.